The molecule has 3 aromatic rings. The first-order valence-electron chi connectivity index (χ1n) is 5.25. The maximum absolute atomic E-state index is 5.72. The van der Waals surface area contributed by atoms with Gasteiger partial charge in [0.2, 0.25) is 5.65 Å². The Morgan fingerprint density at radius 1 is 1.22 bits per heavy atom. The van der Waals surface area contributed by atoms with E-state index < -0.39 is 0 Å². The van der Waals surface area contributed by atoms with Gasteiger partial charge in [0.1, 0.15) is 11.6 Å². The van der Waals surface area contributed by atoms with Gasteiger partial charge in [-0.15, -0.1) is 0 Å². The molecule has 2 heterocycles. The summed E-state index contributed by atoms with van der Waals surface area (Å²) in [4.78, 5) is 8.35. The number of benzene rings is 1. The van der Waals surface area contributed by atoms with Gasteiger partial charge in [0, 0.05) is 16.0 Å². The normalized spacial score (nSPS) is 10.7. The fourth-order valence-electron chi connectivity index (χ4n) is 1.60. The lowest BCUT2D eigenvalue weighted by atomic mass is 10.3. The van der Waals surface area contributed by atoms with Crippen LogP contribution in [-0.2, 0) is 0 Å². The summed E-state index contributed by atoms with van der Waals surface area (Å²) in [6.45, 7) is 0. The van der Waals surface area contributed by atoms with Gasteiger partial charge in [-0.2, -0.15) is 4.98 Å². The molecule has 0 amide bonds. The number of fused-ring (bicyclic) bond motifs is 1. The van der Waals surface area contributed by atoms with Crippen molar-refractivity contribution in [2.45, 2.75) is 0 Å². The van der Waals surface area contributed by atoms with Gasteiger partial charge in [-0.25, -0.2) is 4.98 Å². The fraction of sp³-hybridized carbons (Fsp3) is 0. The molecule has 0 aliphatic carbocycles. The van der Waals surface area contributed by atoms with Crippen LogP contribution in [0.4, 0.5) is 5.82 Å². The number of halogens is 1. The second kappa shape index (κ2) is 4.45. The minimum absolute atomic E-state index is 0.390. The van der Waals surface area contributed by atoms with E-state index in [4.69, 9.17) is 10.5 Å². The number of rotatable bonds is 2. The molecule has 0 aliphatic heterocycles. The number of imidazole rings is 1. The van der Waals surface area contributed by atoms with Crippen molar-refractivity contribution in [3.05, 3.63) is 46.4 Å². The van der Waals surface area contributed by atoms with Crippen LogP contribution in [0.1, 0.15) is 0 Å². The van der Waals surface area contributed by atoms with Crippen LogP contribution in [-0.4, -0.2) is 14.4 Å². The Labute approximate surface area is 117 Å². The molecule has 90 valence electrons. The highest BCUT2D eigenvalue weighted by atomic mass is 127. The summed E-state index contributed by atoms with van der Waals surface area (Å²) in [6, 6.07) is 7.69. The number of ether oxygens (including phenoxy) is 1. The number of nitrogens with two attached hydrogens (primary N) is 1. The van der Waals surface area contributed by atoms with Crippen LogP contribution >= 0.6 is 22.6 Å². The van der Waals surface area contributed by atoms with Gasteiger partial charge in [0.05, 0.1) is 6.20 Å². The SMILES string of the molecule is Nc1cn2ccnc2c(Oc2ccc(I)cc2)n1. The van der Waals surface area contributed by atoms with E-state index in [1.165, 1.54) is 0 Å². The van der Waals surface area contributed by atoms with E-state index in [1.54, 1.807) is 23.0 Å². The van der Waals surface area contributed by atoms with Gasteiger partial charge >= 0.3 is 0 Å². The van der Waals surface area contributed by atoms with Gasteiger partial charge in [0.25, 0.3) is 5.88 Å². The van der Waals surface area contributed by atoms with Crippen LogP contribution < -0.4 is 10.5 Å². The third-order valence-corrected chi connectivity index (χ3v) is 3.11. The van der Waals surface area contributed by atoms with E-state index >= 15 is 0 Å². The Hall–Kier alpha value is -1.83. The van der Waals surface area contributed by atoms with E-state index in [9.17, 15) is 0 Å². The van der Waals surface area contributed by atoms with Crippen LogP contribution in [0, 0.1) is 3.57 Å². The molecule has 0 atom stereocenters. The van der Waals surface area contributed by atoms with Gasteiger partial charge in [-0.05, 0) is 46.9 Å². The molecule has 0 bridgehead atoms. The van der Waals surface area contributed by atoms with Gasteiger partial charge < -0.3 is 10.5 Å². The third-order valence-electron chi connectivity index (χ3n) is 2.39. The van der Waals surface area contributed by atoms with Crippen molar-refractivity contribution in [3.63, 3.8) is 0 Å². The van der Waals surface area contributed by atoms with Gasteiger partial charge in [0.15, 0.2) is 0 Å². The molecule has 5 nitrogen and oxygen atoms in total. The number of nitrogens with zero attached hydrogens (tertiary/aromatic N) is 3. The molecule has 3 rings (SSSR count). The topological polar surface area (TPSA) is 65.4 Å². The van der Waals surface area contributed by atoms with Crippen molar-refractivity contribution < 1.29 is 4.74 Å². The molecule has 18 heavy (non-hydrogen) atoms. The third kappa shape index (κ3) is 2.10. The van der Waals surface area contributed by atoms with Crippen molar-refractivity contribution in [1.82, 2.24) is 14.4 Å². The minimum Gasteiger partial charge on any atom is -0.436 e. The van der Waals surface area contributed by atoms with Crippen LogP contribution in [0.3, 0.4) is 0 Å². The molecule has 1 aromatic carbocycles. The first kappa shape index (κ1) is 11.3. The van der Waals surface area contributed by atoms with E-state index in [0.29, 0.717) is 23.1 Å². The summed E-state index contributed by atoms with van der Waals surface area (Å²) in [6.07, 6.45) is 5.18. The summed E-state index contributed by atoms with van der Waals surface area (Å²) in [7, 11) is 0. The largest absolute Gasteiger partial charge is 0.436 e. The Morgan fingerprint density at radius 3 is 2.78 bits per heavy atom. The van der Waals surface area contributed by atoms with Crippen molar-refractivity contribution in [2.75, 3.05) is 5.73 Å². The molecule has 0 fully saturated rings. The molecule has 6 heteroatoms. The predicted octanol–water partition coefficient (Wildman–Crippen LogP) is 2.71. The average molecular weight is 352 g/mol. The molecule has 2 N–H and O–H groups in total. The number of aromatic nitrogens is 3. The number of nitrogen functional groups attached to an aromatic ring is 1. The second-order valence-electron chi connectivity index (χ2n) is 3.69. The zero-order valence-corrected chi connectivity index (χ0v) is 11.4. The zero-order chi connectivity index (χ0) is 12.5. The van der Waals surface area contributed by atoms with Crippen molar-refractivity contribution >= 4 is 34.1 Å². The highest BCUT2D eigenvalue weighted by Gasteiger charge is 2.08. The molecule has 2 aromatic heterocycles. The summed E-state index contributed by atoms with van der Waals surface area (Å²) in [5.41, 5.74) is 6.36. The fourth-order valence-corrected chi connectivity index (χ4v) is 1.96. The van der Waals surface area contributed by atoms with Crippen molar-refractivity contribution in [3.8, 4) is 11.6 Å². The van der Waals surface area contributed by atoms with E-state index in [-0.39, 0.29) is 0 Å². The second-order valence-corrected chi connectivity index (χ2v) is 4.93. The summed E-state index contributed by atoms with van der Waals surface area (Å²) >= 11 is 2.24. The monoisotopic (exact) mass is 352 g/mol. The Morgan fingerprint density at radius 2 is 2.00 bits per heavy atom. The van der Waals surface area contributed by atoms with Crippen molar-refractivity contribution in [1.29, 1.82) is 0 Å². The summed E-state index contributed by atoms with van der Waals surface area (Å²) in [5.74, 6) is 1.50. The molecule has 0 unspecified atom stereocenters. The Balaban J connectivity index is 2.03. The number of hydrogen-bond donors (Lipinski definition) is 1. The lowest BCUT2D eigenvalue weighted by molar-refractivity contribution is 0.466. The van der Waals surface area contributed by atoms with Crippen LogP contribution in [0.2, 0.25) is 0 Å². The lowest BCUT2D eigenvalue weighted by Crippen LogP contribution is -1.98. The molecular weight excluding hydrogens is 343 g/mol. The van der Waals surface area contributed by atoms with E-state index in [2.05, 4.69) is 32.6 Å². The smallest absolute Gasteiger partial charge is 0.265 e. The quantitative estimate of drug-likeness (QED) is 0.721. The molecule has 0 spiro atoms. The first-order chi connectivity index (χ1) is 8.72. The van der Waals surface area contributed by atoms with Gasteiger partial charge in [-0.3, -0.25) is 4.40 Å². The summed E-state index contributed by atoms with van der Waals surface area (Å²) < 4.78 is 8.63. The predicted molar refractivity (Wildman–Crippen MR) is 76.6 cm³/mol. The molecule has 0 saturated carbocycles. The number of hydrogen-bond acceptors (Lipinski definition) is 4. The first-order valence-corrected chi connectivity index (χ1v) is 6.33. The van der Waals surface area contributed by atoms with Gasteiger partial charge in [-0.1, -0.05) is 0 Å². The molecule has 0 saturated heterocycles. The van der Waals surface area contributed by atoms with E-state index in [1.807, 2.05) is 24.3 Å². The average Bonchev–Trinajstić information content (AvgIpc) is 2.80. The molecule has 0 aliphatic rings. The highest BCUT2D eigenvalue weighted by molar-refractivity contribution is 14.1. The van der Waals surface area contributed by atoms with E-state index in [0.717, 1.165) is 3.57 Å². The lowest BCUT2D eigenvalue weighted by Gasteiger charge is -2.06. The molecule has 0 radical (unpaired) electrons. The highest BCUT2D eigenvalue weighted by Crippen LogP contribution is 2.24. The van der Waals surface area contributed by atoms with Crippen LogP contribution in [0.5, 0.6) is 11.6 Å². The Kier molecular flexibility index (Phi) is 2.78. The minimum atomic E-state index is 0.390. The number of anilines is 1. The maximum atomic E-state index is 5.72. The maximum Gasteiger partial charge on any atom is 0.265 e. The zero-order valence-electron chi connectivity index (χ0n) is 9.25. The Bertz CT molecular complexity index is 693. The standard InChI is InChI=1S/C12H9IN4O/c13-8-1-3-9(4-2-8)18-12-11-15-5-6-17(11)7-10(14)16-12/h1-7H,14H2. The van der Waals surface area contributed by atoms with Crippen LogP contribution in [0.25, 0.3) is 5.65 Å². The van der Waals surface area contributed by atoms with Crippen LogP contribution in [0.15, 0.2) is 42.9 Å². The van der Waals surface area contributed by atoms with Crippen molar-refractivity contribution in [2.24, 2.45) is 0 Å². The summed E-state index contributed by atoms with van der Waals surface area (Å²) in [5, 5.41) is 0. The molecular formula is C12H9IN4O.